The van der Waals surface area contributed by atoms with Gasteiger partial charge < -0.3 is 0 Å². The molecule has 1 saturated heterocycles. The van der Waals surface area contributed by atoms with Gasteiger partial charge in [0.25, 0.3) is 0 Å². The van der Waals surface area contributed by atoms with E-state index >= 15 is 0 Å². The molecule has 0 atom stereocenters. The third-order valence-electron chi connectivity index (χ3n) is 2.19. The van der Waals surface area contributed by atoms with E-state index in [9.17, 15) is 4.57 Å². The van der Waals surface area contributed by atoms with E-state index in [1.807, 2.05) is 44.2 Å². The maximum absolute atomic E-state index is 12.3. The SMILES string of the molecule is CC1(C)COP(=O)([Se]c2ccccc2)OC1. The second-order valence-electron chi connectivity index (χ2n) is 4.56. The molecule has 2 rings (SSSR count). The van der Waals surface area contributed by atoms with Crippen molar-refractivity contribution >= 4 is 25.3 Å². The van der Waals surface area contributed by atoms with Crippen LogP contribution in [0.1, 0.15) is 13.8 Å². The predicted molar refractivity (Wildman–Crippen MR) is 65.1 cm³/mol. The van der Waals surface area contributed by atoms with Gasteiger partial charge in [0.05, 0.1) is 0 Å². The molecule has 1 aliphatic heterocycles. The molecule has 1 aromatic carbocycles. The Bertz CT molecular complexity index is 391. The van der Waals surface area contributed by atoms with Gasteiger partial charge in [-0.2, -0.15) is 0 Å². The molecule has 1 heterocycles. The molecule has 0 spiro atoms. The Balaban J connectivity index is 2.03. The van der Waals surface area contributed by atoms with Crippen LogP contribution in [0.25, 0.3) is 0 Å². The first kappa shape index (κ1) is 12.3. The molecule has 0 aliphatic carbocycles. The Hall–Kier alpha value is -0.111. The van der Waals surface area contributed by atoms with Crippen LogP contribution in [-0.4, -0.2) is 27.7 Å². The second kappa shape index (κ2) is 4.64. The molecule has 0 bridgehead atoms. The zero-order valence-corrected chi connectivity index (χ0v) is 12.0. The van der Waals surface area contributed by atoms with Crippen molar-refractivity contribution in [3.8, 4) is 0 Å². The first-order valence-electron chi connectivity index (χ1n) is 5.13. The van der Waals surface area contributed by atoms with Crippen LogP contribution < -0.4 is 4.46 Å². The average molecular weight is 305 g/mol. The Labute approximate surface area is 102 Å². The third-order valence-corrected chi connectivity index (χ3v) is 8.14. The minimum absolute atomic E-state index is 0.0271. The van der Waals surface area contributed by atoms with Gasteiger partial charge in [-0.15, -0.1) is 0 Å². The van der Waals surface area contributed by atoms with Crippen molar-refractivity contribution in [2.24, 2.45) is 5.41 Å². The summed E-state index contributed by atoms with van der Waals surface area (Å²) in [6, 6.07) is 9.76. The summed E-state index contributed by atoms with van der Waals surface area (Å²) in [6.07, 6.45) is -2.85. The fourth-order valence-corrected chi connectivity index (χ4v) is 6.87. The van der Waals surface area contributed by atoms with Crippen molar-refractivity contribution in [3.63, 3.8) is 0 Å². The van der Waals surface area contributed by atoms with E-state index in [0.717, 1.165) is 4.46 Å². The van der Waals surface area contributed by atoms with Gasteiger partial charge in [0.1, 0.15) is 0 Å². The molecule has 0 saturated carbocycles. The summed E-state index contributed by atoms with van der Waals surface area (Å²) in [6.45, 7) is 5.12. The topological polar surface area (TPSA) is 35.5 Å². The van der Waals surface area contributed by atoms with Gasteiger partial charge in [-0.3, -0.25) is 0 Å². The van der Waals surface area contributed by atoms with Gasteiger partial charge in [-0.1, -0.05) is 0 Å². The molecule has 1 aliphatic rings. The zero-order chi connectivity index (χ0) is 11.6. The summed E-state index contributed by atoms with van der Waals surface area (Å²) in [4.78, 5) is 0. The summed E-state index contributed by atoms with van der Waals surface area (Å²) in [7, 11) is 0. The molecular weight excluding hydrogens is 290 g/mol. The fraction of sp³-hybridized carbons (Fsp3) is 0.455. The molecule has 5 heteroatoms. The molecule has 0 amide bonds. The van der Waals surface area contributed by atoms with E-state index in [1.165, 1.54) is 0 Å². The van der Waals surface area contributed by atoms with E-state index in [4.69, 9.17) is 9.05 Å². The normalized spacial score (nSPS) is 22.9. The van der Waals surface area contributed by atoms with Crippen molar-refractivity contribution in [2.45, 2.75) is 13.8 Å². The monoisotopic (exact) mass is 306 g/mol. The molecule has 0 aromatic heterocycles. The van der Waals surface area contributed by atoms with E-state index < -0.39 is 6.29 Å². The number of benzene rings is 1. The van der Waals surface area contributed by atoms with Gasteiger partial charge >= 0.3 is 102 Å². The van der Waals surface area contributed by atoms with E-state index in [-0.39, 0.29) is 19.9 Å². The van der Waals surface area contributed by atoms with Crippen molar-refractivity contribution in [1.29, 1.82) is 0 Å². The van der Waals surface area contributed by atoms with Gasteiger partial charge in [-0.05, 0) is 0 Å². The Kier molecular flexibility index (Phi) is 3.58. The summed E-state index contributed by atoms with van der Waals surface area (Å²) in [5, 5.41) is 0. The van der Waals surface area contributed by atoms with Crippen LogP contribution in [0, 0.1) is 5.41 Å². The van der Waals surface area contributed by atoms with Gasteiger partial charge in [-0.25, -0.2) is 0 Å². The molecule has 88 valence electrons. The predicted octanol–water partition coefficient (Wildman–Crippen LogP) is 2.20. The molecule has 1 aromatic rings. The van der Waals surface area contributed by atoms with Crippen LogP contribution in [-0.2, 0) is 13.6 Å². The van der Waals surface area contributed by atoms with E-state index in [2.05, 4.69) is 0 Å². The Morgan fingerprint density at radius 1 is 1.19 bits per heavy atom. The average Bonchev–Trinajstić information content (AvgIpc) is 2.25. The second-order valence-corrected chi connectivity index (χ2v) is 11.1. The van der Waals surface area contributed by atoms with Gasteiger partial charge in [0.2, 0.25) is 0 Å². The number of hydrogen-bond donors (Lipinski definition) is 0. The fourth-order valence-electron chi connectivity index (χ4n) is 1.25. The summed E-state index contributed by atoms with van der Waals surface area (Å²) < 4.78 is 24.2. The number of hydrogen-bond acceptors (Lipinski definition) is 3. The van der Waals surface area contributed by atoms with Crippen LogP contribution in [0.3, 0.4) is 0 Å². The van der Waals surface area contributed by atoms with Crippen LogP contribution in [0.5, 0.6) is 0 Å². The molecular formula is C11H15O3PSe. The first-order valence-corrected chi connectivity index (χ1v) is 9.75. The van der Waals surface area contributed by atoms with Crippen LogP contribution in [0.15, 0.2) is 30.3 Å². The number of rotatable bonds is 2. The van der Waals surface area contributed by atoms with Crippen molar-refractivity contribution in [1.82, 2.24) is 0 Å². The molecule has 3 nitrogen and oxygen atoms in total. The molecule has 0 unspecified atom stereocenters. The van der Waals surface area contributed by atoms with Crippen LogP contribution in [0.4, 0.5) is 0 Å². The van der Waals surface area contributed by atoms with Crippen molar-refractivity contribution in [3.05, 3.63) is 30.3 Å². The van der Waals surface area contributed by atoms with Gasteiger partial charge in [0.15, 0.2) is 0 Å². The minimum atomic E-state index is -2.85. The third kappa shape index (κ3) is 3.19. The van der Waals surface area contributed by atoms with Crippen LogP contribution >= 0.6 is 6.29 Å². The Morgan fingerprint density at radius 2 is 1.75 bits per heavy atom. The quantitative estimate of drug-likeness (QED) is 0.621. The van der Waals surface area contributed by atoms with Crippen molar-refractivity contribution < 1.29 is 13.6 Å². The molecule has 0 radical (unpaired) electrons. The van der Waals surface area contributed by atoms with E-state index in [0.29, 0.717) is 13.2 Å². The first-order chi connectivity index (χ1) is 7.49. The summed E-state index contributed by atoms with van der Waals surface area (Å²) in [5.74, 6) is 0. The van der Waals surface area contributed by atoms with Crippen molar-refractivity contribution in [2.75, 3.05) is 13.2 Å². The summed E-state index contributed by atoms with van der Waals surface area (Å²) >= 11 is -0.245. The van der Waals surface area contributed by atoms with Gasteiger partial charge in [0, 0.05) is 0 Å². The molecule has 0 N–H and O–H groups in total. The van der Waals surface area contributed by atoms with Crippen LogP contribution in [0.2, 0.25) is 0 Å². The zero-order valence-electron chi connectivity index (χ0n) is 9.38. The Morgan fingerprint density at radius 3 is 2.31 bits per heavy atom. The maximum atomic E-state index is 12.3. The molecule has 1 fully saturated rings. The summed E-state index contributed by atoms with van der Waals surface area (Å²) in [5.41, 5.74) is -0.0271. The molecule has 16 heavy (non-hydrogen) atoms. The van der Waals surface area contributed by atoms with E-state index in [1.54, 1.807) is 0 Å². The standard InChI is InChI=1S/C11H15O3PSe/c1-11(2)8-13-15(12,14-9-11)16-10-6-4-3-5-7-10/h3-7H,8-9H2,1-2H3.